The van der Waals surface area contributed by atoms with E-state index in [-0.39, 0.29) is 11.3 Å². The average molecular weight is 257 g/mol. The molecular weight excluding hydrogens is 238 g/mol. The van der Waals surface area contributed by atoms with Crippen LogP contribution in [0.5, 0.6) is 0 Å². The number of carbonyl (C=O) groups excluding carboxylic acids is 1. The summed E-state index contributed by atoms with van der Waals surface area (Å²) in [5.41, 5.74) is 0.773. The van der Waals surface area contributed by atoms with Crippen LogP contribution in [-0.4, -0.2) is 16.1 Å². The van der Waals surface area contributed by atoms with Crippen LogP contribution in [0.1, 0.15) is 39.0 Å². The summed E-state index contributed by atoms with van der Waals surface area (Å²) in [6.07, 6.45) is 5.21. The molecule has 1 aromatic heterocycles. The third-order valence-electron chi connectivity index (χ3n) is 4.42. The molecule has 2 N–H and O–H groups in total. The molecule has 3 rings (SSSR count). The van der Waals surface area contributed by atoms with Gasteiger partial charge in [0.05, 0.1) is 5.52 Å². The van der Waals surface area contributed by atoms with Crippen LogP contribution < -0.4 is 5.32 Å². The number of aromatic nitrogens is 2. The predicted molar refractivity (Wildman–Crippen MR) is 75.9 cm³/mol. The van der Waals surface area contributed by atoms with Crippen molar-refractivity contribution in [2.24, 2.45) is 5.41 Å². The van der Waals surface area contributed by atoms with E-state index in [1.165, 1.54) is 0 Å². The number of hydrogen-bond acceptors (Lipinski definition) is 2. The first kappa shape index (κ1) is 12.2. The number of nitrogens with zero attached hydrogens (tertiary/aromatic N) is 1. The summed E-state index contributed by atoms with van der Waals surface area (Å²) in [6.45, 7) is 2.10. The number of carbonyl (C=O) groups is 1. The van der Waals surface area contributed by atoms with Gasteiger partial charge in [-0.2, -0.15) is 5.10 Å². The number of para-hydroxylation sites is 1. The van der Waals surface area contributed by atoms with E-state index >= 15 is 0 Å². The molecule has 0 saturated heterocycles. The molecule has 19 heavy (non-hydrogen) atoms. The molecule has 4 heteroatoms. The van der Waals surface area contributed by atoms with Gasteiger partial charge in [-0.25, -0.2) is 0 Å². The highest BCUT2D eigenvalue weighted by Gasteiger charge is 2.39. The Kier molecular flexibility index (Phi) is 3.01. The number of fused-ring (bicyclic) bond motifs is 1. The van der Waals surface area contributed by atoms with Gasteiger partial charge in [0.2, 0.25) is 5.91 Å². The second-order valence-electron chi connectivity index (χ2n) is 5.41. The van der Waals surface area contributed by atoms with Crippen LogP contribution in [0.3, 0.4) is 0 Å². The smallest absolute Gasteiger partial charge is 0.231 e. The molecule has 0 unspecified atom stereocenters. The minimum atomic E-state index is -0.181. The third-order valence-corrected chi connectivity index (χ3v) is 4.42. The van der Waals surface area contributed by atoms with Crippen molar-refractivity contribution in [1.82, 2.24) is 10.2 Å². The monoisotopic (exact) mass is 257 g/mol. The highest BCUT2D eigenvalue weighted by Crippen LogP contribution is 2.42. The normalized spacial score (nSPS) is 17.7. The Hall–Kier alpha value is -1.84. The van der Waals surface area contributed by atoms with E-state index in [0.717, 1.165) is 43.0 Å². The minimum absolute atomic E-state index is 0.129. The Bertz CT molecular complexity index is 596. The topological polar surface area (TPSA) is 57.8 Å². The van der Waals surface area contributed by atoms with Crippen LogP contribution in [0.25, 0.3) is 10.9 Å². The van der Waals surface area contributed by atoms with Gasteiger partial charge in [-0.15, -0.1) is 0 Å². The summed E-state index contributed by atoms with van der Waals surface area (Å²) in [7, 11) is 0. The standard InChI is InChI=1S/C15H19N3O/c1-2-15(9-5-6-10-15)14(19)16-13-11-7-3-4-8-12(11)17-18-13/h3-4,7-8H,2,5-6,9-10H2,1H3,(H2,16,17,18,19). The fourth-order valence-corrected chi connectivity index (χ4v) is 3.09. The van der Waals surface area contributed by atoms with Crippen LogP contribution >= 0.6 is 0 Å². The number of benzene rings is 1. The summed E-state index contributed by atoms with van der Waals surface area (Å²) in [5.74, 6) is 0.782. The van der Waals surface area contributed by atoms with E-state index in [0.29, 0.717) is 5.82 Å². The van der Waals surface area contributed by atoms with Crippen LogP contribution in [0.4, 0.5) is 5.82 Å². The van der Waals surface area contributed by atoms with E-state index in [9.17, 15) is 4.79 Å². The van der Waals surface area contributed by atoms with E-state index in [1.54, 1.807) is 0 Å². The molecule has 0 atom stereocenters. The second kappa shape index (κ2) is 4.68. The maximum atomic E-state index is 12.5. The van der Waals surface area contributed by atoms with Crippen molar-refractivity contribution in [2.75, 3.05) is 5.32 Å². The highest BCUT2D eigenvalue weighted by atomic mass is 16.2. The van der Waals surface area contributed by atoms with Crippen molar-refractivity contribution < 1.29 is 4.79 Å². The first-order chi connectivity index (χ1) is 9.25. The van der Waals surface area contributed by atoms with Gasteiger partial charge in [-0.3, -0.25) is 9.89 Å². The summed E-state index contributed by atoms with van der Waals surface area (Å²) in [6, 6.07) is 7.85. The van der Waals surface area contributed by atoms with Crippen molar-refractivity contribution in [1.29, 1.82) is 0 Å². The van der Waals surface area contributed by atoms with Crippen molar-refractivity contribution >= 4 is 22.6 Å². The Balaban J connectivity index is 1.86. The van der Waals surface area contributed by atoms with Gasteiger partial charge >= 0.3 is 0 Å². The lowest BCUT2D eigenvalue weighted by atomic mass is 9.82. The van der Waals surface area contributed by atoms with Gasteiger partial charge in [0, 0.05) is 10.8 Å². The Morgan fingerprint density at radius 3 is 2.84 bits per heavy atom. The number of aromatic amines is 1. The van der Waals surface area contributed by atoms with Gasteiger partial charge in [-0.1, -0.05) is 31.9 Å². The van der Waals surface area contributed by atoms with Crippen molar-refractivity contribution in [3.8, 4) is 0 Å². The Morgan fingerprint density at radius 1 is 1.37 bits per heavy atom. The molecule has 0 bridgehead atoms. The van der Waals surface area contributed by atoms with Crippen molar-refractivity contribution in [2.45, 2.75) is 39.0 Å². The number of nitrogens with one attached hydrogen (secondary N) is 2. The zero-order valence-electron chi connectivity index (χ0n) is 11.2. The van der Waals surface area contributed by atoms with Crippen molar-refractivity contribution in [3.05, 3.63) is 24.3 Å². The van der Waals surface area contributed by atoms with Gasteiger partial charge in [0.25, 0.3) is 0 Å². The lowest BCUT2D eigenvalue weighted by molar-refractivity contribution is -0.125. The molecule has 1 aromatic carbocycles. The number of H-pyrrole nitrogens is 1. The van der Waals surface area contributed by atoms with E-state index in [4.69, 9.17) is 0 Å². The summed E-state index contributed by atoms with van der Waals surface area (Å²) < 4.78 is 0. The predicted octanol–water partition coefficient (Wildman–Crippen LogP) is 3.47. The number of hydrogen-bond donors (Lipinski definition) is 2. The largest absolute Gasteiger partial charge is 0.308 e. The molecule has 4 nitrogen and oxygen atoms in total. The molecule has 1 amide bonds. The molecule has 100 valence electrons. The molecule has 2 aromatic rings. The molecule has 0 aliphatic heterocycles. The highest BCUT2D eigenvalue weighted by molar-refractivity contribution is 6.01. The SMILES string of the molecule is CCC1(C(=O)Nc2n[nH]c3ccccc23)CCCC1. The van der Waals surface area contributed by atoms with Gasteiger partial charge in [-0.05, 0) is 31.4 Å². The van der Waals surface area contributed by atoms with Crippen LogP contribution in [0, 0.1) is 5.41 Å². The number of amides is 1. The molecule has 1 saturated carbocycles. The maximum absolute atomic E-state index is 12.5. The fourth-order valence-electron chi connectivity index (χ4n) is 3.09. The van der Waals surface area contributed by atoms with Crippen molar-refractivity contribution in [3.63, 3.8) is 0 Å². The number of anilines is 1. The van der Waals surface area contributed by atoms with Crippen LogP contribution in [0.15, 0.2) is 24.3 Å². The summed E-state index contributed by atoms with van der Waals surface area (Å²) in [5, 5.41) is 11.2. The van der Waals surface area contributed by atoms with Crippen LogP contribution in [-0.2, 0) is 4.79 Å². The zero-order chi connectivity index (χ0) is 13.3. The number of rotatable bonds is 3. The quantitative estimate of drug-likeness (QED) is 0.884. The van der Waals surface area contributed by atoms with E-state index < -0.39 is 0 Å². The third kappa shape index (κ3) is 2.01. The molecule has 1 heterocycles. The van der Waals surface area contributed by atoms with Gasteiger partial charge in [0.15, 0.2) is 5.82 Å². The molecule has 1 aliphatic carbocycles. The van der Waals surface area contributed by atoms with Gasteiger partial charge in [0.1, 0.15) is 0 Å². The van der Waals surface area contributed by atoms with Crippen LogP contribution in [0.2, 0.25) is 0 Å². The first-order valence-electron chi connectivity index (χ1n) is 7.00. The minimum Gasteiger partial charge on any atom is -0.308 e. The molecule has 0 spiro atoms. The summed E-state index contributed by atoms with van der Waals surface area (Å²) >= 11 is 0. The van der Waals surface area contributed by atoms with Gasteiger partial charge < -0.3 is 5.32 Å². The molecule has 1 aliphatic rings. The lowest BCUT2D eigenvalue weighted by Gasteiger charge is -2.25. The first-order valence-corrected chi connectivity index (χ1v) is 7.00. The maximum Gasteiger partial charge on any atom is 0.231 e. The van der Waals surface area contributed by atoms with E-state index in [2.05, 4.69) is 22.4 Å². The Morgan fingerprint density at radius 2 is 2.11 bits per heavy atom. The summed E-state index contributed by atoms with van der Waals surface area (Å²) in [4.78, 5) is 12.5. The zero-order valence-corrected chi connectivity index (χ0v) is 11.2. The second-order valence-corrected chi connectivity index (χ2v) is 5.41. The fraction of sp³-hybridized carbons (Fsp3) is 0.467. The van der Waals surface area contributed by atoms with E-state index in [1.807, 2.05) is 24.3 Å². The molecule has 0 radical (unpaired) electrons. The molecular formula is C15H19N3O. The lowest BCUT2D eigenvalue weighted by Crippen LogP contribution is -2.33. The average Bonchev–Trinajstić information content (AvgIpc) is 3.07. The molecule has 1 fully saturated rings. The Labute approximate surface area is 112 Å².